The Labute approximate surface area is 216 Å². The zero-order valence-electron chi connectivity index (χ0n) is 22.9. The van der Waals surface area contributed by atoms with Gasteiger partial charge in [-0.3, -0.25) is 9.69 Å². The van der Waals surface area contributed by atoms with E-state index in [9.17, 15) is 9.18 Å². The second-order valence-electron chi connectivity index (χ2n) is 10.2. The number of piperidine rings is 1. The molecule has 0 aromatic heterocycles. The first-order valence-electron chi connectivity index (χ1n) is 13.5. The van der Waals surface area contributed by atoms with Crippen LogP contribution in [0.5, 0.6) is 5.75 Å². The minimum Gasteiger partial charge on any atom is -0.493 e. The number of hydrogen-bond acceptors (Lipinski definition) is 4. The summed E-state index contributed by atoms with van der Waals surface area (Å²) in [4.78, 5) is 15.4. The topological polar surface area (TPSA) is 53.6 Å². The summed E-state index contributed by atoms with van der Waals surface area (Å²) in [5.41, 5.74) is 4.86. The van der Waals surface area contributed by atoms with Gasteiger partial charge in [0.1, 0.15) is 11.6 Å². The summed E-state index contributed by atoms with van der Waals surface area (Å²) in [6, 6.07) is 9.73. The fraction of sp³-hybridized carbons (Fsp3) is 0.567. The highest BCUT2D eigenvalue weighted by molar-refractivity contribution is 5.94. The van der Waals surface area contributed by atoms with Crippen LogP contribution in [0.2, 0.25) is 0 Å². The zero-order valence-corrected chi connectivity index (χ0v) is 22.9. The van der Waals surface area contributed by atoms with Crippen LogP contribution in [0.15, 0.2) is 30.3 Å². The zero-order chi connectivity index (χ0) is 26.2. The molecule has 0 aliphatic carbocycles. The van der Waals surface area contributed by atoms with Crippen LogP contribution in [0.3, 0.4) is 0 Å². The summed E-state index contributed by atoms with van der Waals surface area (Å²) >= 11 is 0. The fourth-order valence-electron chi connectivity index (χ4n) is 5.26. The molecule has 6 heteroatoms. The number of carbonyl (C=O) groups excluding carboxylic acids is 1. The van der Waals surface area contributed by atoms with Crippen molar-refractivity contribution < 1.29 is 13.9 Å². The molecule has 1 saturated heterocycles. The van der Waals surface area contributed by atoms with Gasteiger partial charge in [0.2, 0.25) is 0 Å². The van der Waals surface area contributed by atoms with Gasteiger partial charge in [-0.25, -0.2) is 4.39 Å². The number of amides is 1. The number of ether oxygens (including phenoxy) is 1. The first-order chi connectivity index (χ1) is 17.2. The molecule has 0 saturated carbocycles. The number of rotatable bonds is 11. The molecule has 1 fully saturated rings. The summed E-state index contributed by atoms with van der Waals surface area (Å²) in [6.07, 6.45) is 3.83. The van der Waals surface area contributed by atoms with Crippen molar-refractivity contribution >= 4 is 5.91 Å². The predicted octanol–water partition coefficient (Wildman–Crippen LogP) is 5.69. The van der Waals surface area contributed by atoms with Gasteiger partial charge in [0.15, 0.2) is 0 Å². The third-order valence-corrected chi connectivity index (χ3v) is 7.65. The van der Waals surface area contributed by atoms with Gasteiger partial charge >= 0.3 is 0 Å². The van der Waals surface area contributed by atoms with Crippen LogP contribution in [-0.2, 0) is 6.54 Å². The summed E-state index contributed by atoms with van der Waals surface area (Å²) in [7, 11) is 0. The molecule has 198 valence electrons. The smallest absolute Gasteiger partial charge is 0.251 e. The van der Waals surface area contributed by atoms with Crippen molar-refractivity contribution in [3.8, 4) is 5.75 Å². The molecule has 3 unspecified atom stereocenters. The van der Waals surface area contributed by atoms with E-state index >= 15 is 0 Å². The van der Waals surface area contributed by atoms with Crippen LogP contribution in [-0.4, -0.2) is 48.6 Å². The van der Waals surface area contributed by atoms with Crippen LogP contribution in [0, 0.1) is 26.6 Å². The number of likely N-dealkylation sites (tertiary alicyclic amines) is 1. The molecule has 1 aliphatic rings. The molecule has 1 heterocycles. The van der Waals surface area contributed by atoms with Crippen molar-refractivity contribution in [3.63, 3.8) is 0 Å². The number of hydrogen-bond donors (Lipinski definition) is 2. The summed E-state index contributed by atoms with van der Waals surface area (Å²) in [5.74, 6) is 0.574. The number of nitrogens with one attached hydrogen (secondary N) is 2. The second-order valence-corrected chi connectivity index (χ2v) is 10.2. The molecule has 3 atom stereocenters. The number of nitrogens with zero attached hydrogens (tertiary/aromatic N) is 1. The molecule has 0 spiro atoms. The van der Waals surface area contributed by atoms with Crippen LogP contribution in [0.4, 0.5) is 4.39 Å². The van der Waals surface area contributed by atoms with Gasteiger partial charge in [0.05, 0.1) is 6.61 Å². The van der Waals surface area contributed by atoms with Crippen molar-refractivity contribution in [1.29, 1.82) is 0 Å². The van der Waals surface area contributed by atoms with Gasteiger partial charge in [-0.05, 0) is 113 Å². The summed E-state index contributed by atoms with van der Waals surface area (Å²) < 4.78 is 19.7. The van der Waals surface area contributed by atoms with E-state index in [4.69, 9.17) is 4.74 Å². The molecule has 3 rings (SSSR count). The van der Waals surface area contributed by atoms with Gasteiger partial charge in [0.25, 0.3) is 5.91 Å². The maximum Gasteiger partial charge on any atom is 0.251 e. The minimum absolute atomic E-state index is 0.111. The highest BCUT2D eigenvalue weighted by atomic mass is 19.1. The molecule has 36 heavy (non-hydrogen) atoms. The summed E-state index contributed by atoms with van der Waals surface area (Å²) in [6.45, 7) is 16.2. The first-order valence-corrected chi connectivity index (χ1v) is 13.5. The molecule has 0 bridgehead atoms. The predicted molar refractivity (Wildman–Crippen MR) is 145 cm³/mol. The third-order valence-electron chi connectivity index (χ3n) is 7.65. The maximum absolute atomic E-state index is 13.6. The van der Waals surface area contributed by atoms with Crippen LogP contribution >= 0.6 is 0 Å². The van der Waals surface area contributed by atoms with E-state index in [0.29, 0.717) is 23.2 Å². The minimum atomic E-state index is -0.283. The van der Waals surface area contributed by atoms with E-state index in [2.05, 4.69) is 62.3 Å². The molecule has 0 radical (unpaired) electrons. The van der Waals surface area contributed by atoms with Crippen LogP contribution in [0.25, 0.3) is 0 Å². The number of aryl methyl sites for hydroxylation is 1. The molecule has 1 aliphatic heterocycles. The normalized spacial score (nSPS) is 20.4. The van der Waals surface area contributed by atoms with Crippen molar-refractivity contribution in [2.75, 3.05) is 19.7 Å². The van der Waals surface area contributed by atoms with Crippen molar-refractivity contribution in [2.24, 2.45) is 0 Å². The lowest BCUT2D eigenvalue weighted by Gasteiger charge is -2.44. The highest BCUT2D eigenvalue weighted by Gasteiger charge is 2.33. The van der Waals surface area contributed by atoms with Gasteiger partial charge in [-0.15, -0.1) is 0 Å². The maximum atomic E-state index is 13.6. The van der Waals surface area contributed by atoms with Gasteiger partial charge in [-0.2, -0.15) is 0 Å². The monoisotopic (exact) mass is 497 g/mol. The average Bonchev–Trinajstić information content (AvgIpc) is 2.85. The van der Waals surface area contributed by atoms with Crippen LogP contribution in [0.1, 0.15) is 79.1 Å². The van der Waals surface area contributed by atoms with Crippen molar-refractivity contribution in [1.82, 2.24) is 15.5 Å². The standard InChI is InChI=1S/C30H44FN3O2/c1-7-27-18-26(33-30(35)24-10-12-28(31)20(3)16-24)17-21(4)34(27)19-25-11-13-29(23(6)22(25)5)36-15-9-14-32-8-2/h10-13,16,21,26-27,32H,7-9,14-15,17-19H2,1-6H3,(H,33,35). The van der Waals surface area contributed by atoms with Crippen molar-refractivity contribution in [3.05, 3.63) is 64.0 Å². The molecule has 2 aromatic carbocycles. The van der Waals surface area contributed by atoms with E-state index in [1.807, 2.05) is 0 Å². The molecule has 2 N–H and O–H groups in total. The van der Waals surface area contributed by atoms with Gasteiger partial charge < -0.3 is 15.4 Å². The Kier molecular flexibility index (Phi) is 10.3. The van der Waals surface area contributed by atoms with E-state index in [-0.39, 0.29) is 17.8 Å². The second kappa shape index (κ2) is 13.2. The lowest BCUT2D eigenvalue weighted by atomic mass is 9.89. The van der Waals surface area contributed by atoms with Gasteiger partial charge in [-0.1, -0.05) is 19.9 Å². The van der Waals surface area contributed by atoms with Gasteiger partial charge in [0, 0.05) is 30.2 Å². The Morgan fingerprint density at radius 3 is 2.58 bits per heavy atom. The Morgan fingerprint density at radius 1 is 1.11 bits per heavy atom. The number of carbonyl (C=O) groups is 1. The molecule has 1 amide bonds. The largest absolute Gasteiger partial charge is 0.493 e. The Morgan fingerprint density at radius 2 is 1.89 bits per heavy atom. The molecular formula is C30H44FN3O2. The van der Waals surface area contributed by atoms with Crippen molar-refractivity contribution in [2.45, 2.75) is 91.9 Å². The quantitative estimate of drug-likeness (QED) is 0.392. The SMILES string of the molecule is CCNCCCOc1ccc(CN2C(C)CC(NC(=O)c3ccc(F)c(C)c3)CC2CC)c(C)c1C. The average molecular weight is 498 g/mol. The van der Waals surface area contributed by atoms with E-state index in [1.54, 1.807) is 19.1 Å². The van der Waals surface area contributed by atoms with E-state index in [0.717, 1.165) is 57.7 Å². The van der Waals surface area contributed by atoms with E-state index < -0.39 is 0 Å². The summed E-state index contributed by atoms with van der Waals surface area (Å²) in [5, 5.41) is 6.54. The molecule has 5 nitrogen and oxygen atoms in total. The fourth-order valence-corrected chi connectivity index (χ4v) is 5.26. The Hall–Kier alpha value is -2.44. The third kappa shape index (κ3) is 7.07. The molecular weight excluding hydrogens is 453 g/mol. The lowest BCUT2D eigenvalue weighted by molar-refractivity contribution is 0.0581. The van der Waals surface area contributed by atoms with Crippen LogP contribution < -0.4 is 15.4 Å². The highest BCUT2D eigenvalue weighted by Crippen LogP contribution is 2.31. The Bertz CT molecular complexity index is 1030. The molecule has 2 aromatic rings. The van der Waals surface area contributed by atoms with E-state index in [1.165, 1.54) is 22.8 Å². The first kappa shape index (κ1) is 28.1. The number of halogens is 1. The number of benzene rings is 2. The lowest BCUT2D eigenvalue weighted by Crippen LogP contribution is -2.53. The Balaban J connectivity index is 1.62.